The minimum atomic E-state index is -0.993. The number of hydrogen-bond donors (Lipinski definition) is 4. The Morgan fingerprint density at radius 3 is 2.76 bits per heavy atom. The summed E-state index contributed by atoms with van der Waals surface area (Å²) in [6.45, 7) is 0. The van der Waals surface area contributed by atoms with E-state index < -0.39 is 28.6 Å². The molecule has 0 bridgehead atoms. The van der Waals surface area contributed by atoms with Crippen LogP contribution in [0.15, 0.2) is 33.9 Å². The largest absolute Gasteiger partial charge is 0.501 e. The van der Waals surface area contributed by atoms with Crippen LogP contribution in [0, 0.1) is 0 Å². The number of ether oxygens (including phenoxy) is 1. The van der Waals surface area contributed by atoms with E-state index in [0.29, 0.717) is 6.42 Å². The SMILES string of the molecule is COc1ccccc1C1CCC(NC(=O)c2[nH]c(=O)[nH]c(=O)c2O)C1. The Morgan fingerprint density at radius 1 is 1.24 bits per heavy atom. The molecule has 1 aromatic carbocycles. The predicted molar refractivity (Wildman–Crippen MR) is 90.2 cm³/mol. The number of H-pyrrole nitrogens is 2. The van der Waals surface area contributed by atoms with Crippen LogP contribution in [0.1, 0.15) is 41.2 Å². The van der Waals surface area contributed by atoms with Crippen molar-refractivity contribution in [2.45, 2.75) is 31.2 Å². The number of hydrogen-bond acceptors (Lipinski definition) is 5. The van der Waals surface area contributed by atoms with Crippen molar-refractivity contribution in [3.05, 3.63) is 56.4 Å². The lowest BCUT2D eigenvalue weighted by molar-refractivity contribution is 0.0928. The van der Waals surface area contributed by atoms with Crippen molar-refractivity contribution in [1.29, 1.82) is 0 Å². The maximum absolute atomic E-state index is 12.3. The number of aromatic amines is 2. The van der Waals surface area contributed by atoms with Gasteiger partial charge in [-0.1, -0.05) is 18.2 Å². The van der Waals surface area contributed by atoms with E-state index in [2.05, 4.69) is 10.3 Å². The zero-order valence-corrected chi connectivity index (χ0v) is 13.7. The summed E-state index contributed by atoms with van der Waals surface area (Å²) in [4.78, 5) is 39.0. The number of carbonyl (C=O) groups excluding carboxylic acids is 1. The van der Waals surface area contributed by atoms with E-state index >= 15 is 0 Å². The third kappa shape index (κ3) is 3.42. The Balaban J connectivity index is 1.72. The van der Waals surface area contributed by atoms with Gasteiger partial charge in [-0.05, 0) is 36.8 Å². The fraction of sp³-hybridized carbons (Fsp3) is 0.353. The summed E-state index contributed by atoms with van der Waals surface area (Å²) in [5.74, 6) is -0.410. The minimum absolute atomic E-state index is 0.121. The summed E-state index contributed by atoms with van der Waals surface area (Å²) < 4.78 is 5.39. The molecule has 3 rings (SSSR count). The zero-order chi connectivity index (χ0) is 18.0. The lowest BCUT2D eigenvalue weighted by atomic mass is 9.96. The van der Waals surface area contributed by atoms with E-state index in [4.69, 9.17) is 4.74 Å². The quantitative estimate of drug-likeness (QED) is 0.654. The first-order valence-corrected chi connectivity index (χ1v) is 7.99. The van der Waals surface area contributed by atoms with Gasteiger partial charge >= 0.3 is 5.69 Å². The highest BCUT2D eigenvalue weighted by Crippen LogP contribution is 2.38. The number of nitrogens with one attached hydrogen (secondary N) is 3. The summed E-state index contributed by atoms with van der Waals surface area (Å²) >= 11 is 0. The molecular formula is C17H19N3O5. The number of rotatable bonds is 4. The molecule has 2 unspecified atom stereocenters. The molecule has 132 valence electrons. The van der Waals surface area contributed by atoms with E-state index in [0.717, 1.165) is 24.2 Å². The standard InChI is InChI=1S/C17H19N3O5/c1-25-12-5-3-2-4-11(12)9-6-7-10(8-9)18-15(22)13-14(21)16(23)20-17(24)19-13/h2-5,9-10,21H,6-8H2,1H3,(H,18,22)(H2,19,20,23,24). The van der Waals surface area contributed by atoms with Gasteiger partial charge in [-0.2, -0.15) is 0 Å². The maximum atomic E-state index is 12.3. The average molecular weight is 345 g/mol. The fourth-order valence-electron chi connectivity index (χ4n) is 3.30. The van der Waals surface area contributed by atoms with Crippen LogP contribution < -0.4 is 21.3 Å². The highest BCUT2D eigenvalue weighted by Gasteiger charge is 2.29. The van der Waals surface area contributed by atoms with Gasteiger partial charge in [0.25, 0.3) is 11.5 Å². The van der Waals surface area contributed by atoms with Crippen molar-refractivity contribution in [2.24, 2.45) is 0 Å². The van der Waals surface area contributed by atoms with Gasteiger partial charge in [-0.15, -0.1) is 0 Å². The third-order valence-electron chi connectivity index (χ3n) is 4.49. The van der Waals surface area contributed by atoms with Crippen molar-refractivity contribution in [3.8, 4) is 11.5 Å². The van der Waals surface area contributed by atoms with Gasteiger partial charge in [0.05, 0.1) is 7.11 Å². The first-order chi connectivity index (χ1) is 12.0. The monoisotopic (exact) mass is 345 g/mol. The Kier molecular flexibility index (Phi) is 4.60. The van der Waals surface area contributed by atoms with Crippen LogP contribution >= 0.6 is 0 Å². The normalized spacial score (nSPS) is 19.6. The lowest BCUT2D eigenvalue weighted by Gasteiger charge is -2.16. The molecule has 1 heterocycles. The molecule has 0 spiro atoms. The Morgan fingerprint density at radius 2 is 2.00 bits per heavy atom. The molecule has 0 saturated heterocycles. The molecule has 1 fully saturated rings. The molecule has 1 aliphatic rings. The van der Waals surface area contributed by atoms with Crippen LogP contribution in [-0.2, 0) is 0 Å². The molecule has 1 amide bonds. The van der Waals surface area contributed by atoms with Crippen molar-refractivity contribution < 1.29 is 14.6 Å². The molecule has 0 radical (unpaired) electrons. The second kappa shape index (κ2) is 6.84. The summed E-state index contributed by atoms with van der Waals surface area (Å²) in [6, 6.07) is 7.64. The number of carbonyl (C=O) groups is 1. The molecule has 25 heavy (non-hydrogen) atoms. The van der Waals surface area contributed by atoms with Crippen LogP contribution in [0.25, 0.3) is 0 Å². The van der Waals surface area contributed by atoms with Gasteiger partial charge in [-0.25, -0.2) is 4.79 Å². The van der Waals surface area contributed by atoms with Crippen molar-refractivity contribution in [3.63, 3.8) is 0 Å². The van der Waals surface area contributed by atoms with Gasteiger partial charge in [0.1, 0.15) is 5.75 Å². The highest BCUT2D eigenvalue weighted by molar-refractivity contribution is 5.94. The molecule has 0 aliphatic heterocycles. The first kappa shape index (κ1) is 16.8. The van der Waals surface area contributed by atoms with Crippen LogP contribution in [0.2, 0.25) is 0 Å². The maximum Gasteiger partial charge on any atom is 0.326 e. The van der Waals surface area contributed by atoms with E-state index in [1.807, 2.05) is 29.2 Å². The van der Waals surface area contributed by atoms with E-state index in [1.54, 1.807) is 7.11 Å². The van der Waals surface area contributed by atoms with E-state index in [-0.39, 0.29) is 12.0 Å². The number of aromatic hydroxyl groups is 1. The van der Waals surface area contributed by atoms with Crippen LogP contribution in [0.4, 0.5) is 0 Å². The molecule has 4 N–H and O–H groups in total. The summed E-state index contributed by atoms with van der Waals surface area (Å²) in [6.07, 6.45) is 2.34. The number of amides is 1. The van der Waals surface area contributed by atoms with Gasteiger partial charge in [0.2, 0.25) is 5.75 Å². The predicted octanol–water partition coefficient (Wildman–Crippen LogP) is 0.844. The fourth-order valence-corrected chi connectivity index (χ4v) is 3.30. The second-order valence-corrected chi connectivity index (χ2v) is 6.05. The van der Waals surface area contributed by atoms with Crippen LogP contribution in [-0.4, -0.2) is 34.1 Å². The summed E-state index contributed by atoms with van der Waals surface area (Å²) in [5.41, 5.74) is -1.16. The molecule has 1 aliphatic carbocycles. The zero-order valence-electron chi connectivity index (χ0n) is 13.7. The summed E-state index contributed by atoms with van der Waals surface area (Å²) in [5, 5.41) is 12.4. The number of para-hydroxylation sites is 1. The lowest BCUT2D eigenvalue weighted by Crippen LogP contribution is -2.36. The number of benzene rings is 1. The number of methoxy groups -OCH3 is 1. The second-order valence-electron chi connectivity index (χ2n) is 6.05. The molecule has 8 heteroatoms. The minimum Gasteiger partial charge on any atom is -0.501 e. The average Bonchev–Trinajstić information content (AvgIpc) is 3.06. The van der Waals surface area contributed by atoms with E-state index in [1.165, 1.54) is 0 Å². The molecule has 2 atom stereocenters. The molecule has 1 aromatic heterocycles. The van der Waals surface area contributed by atoms with Crippen LogP contribution in [0.3, 0.4) is 0 Å². The molecule has 1 saturated carbocycles. The van der Waals surface area contributed by atoms with Crippen molar-refractivity contribution >= 4 is 5.91 Å². The molecular weight excluding hydrogens is 326 g/mol. The van der Waals surface area contributed by atoms with Gasteiger partial charge in [0.15, 0.2) is 5.69 Å². The Hall–Kier alpha value is -3.03. The highest BCUT2D eigenvalue weighted by atomic mass is 16.5. The van der Waals surface area contributed by atoms with Gasteiger partial charge in [-0.3, -0.25) is 19.6 Å². The topological polar surface area (TPSA) is 124 Å². The van der Waals surface area contributed by atoms with Crippen molar-refractivity contribution in [1.82, 2.24) is 15.3 Å². The number of aromatic nitrogens is 2. The van der Waals surface area contributed by atoms with Crippen molar-refractivity contribution in [2.75, 3.05) is 7.11 Å². The first-order valence-electron chi connectivity index (χ1n) is 7.99. The van der Waals surface area contributed by atoms with Gasteiger partial charge < -0.3 is 15.2 Å². The third-order valence-corrected chi connectivity index (χ3v) is 4.49. The molecule has 2 aromatic rings. The molecule has 8 nitrogen and oxygen atoms in total. The van der Waals surface area contributed by atoms with Crippen LogP contribution in [0.5, 0.6) is 11.5 Å². The Bertz CT molecular complexity index is 902. The van der Waals surface area contributed by atoms with E-state index in [9.17, 15) is 19.5 Å². The summed E-state index contributed by atoms with van der Waals surface area (Å²) in [7, 11) is 1.62. The Labute approximate surface area is 142 Å². The van der Waals surface area contributed by atoms with Gasteiger partial charge in [0, 0.05) is 6.04 Å². The smallest absolute Gasteiger partial charge is 0.326 e.